The summed E-state index contributed by atoms with van der Waals surface area (Å²) in [6.07, 6.45) is 12.9. The zero-order valence-electron chi connectivity index (χ0n) is 24.1. The largest absolute Gasteiger partial charge is 0.494 e. The Morgan fingerprint density at radius 3 is 2.05 bits per heavy atom. The van der Waals surface area contributed by atoms with Crippen molar-refractivity contribution < 1.29 is 19.3 Å². The number of hydrogen-bond donors (Lipinski definition) is 0. The van der Waals surface area contributed by atoms with E-state index in [9.17, 15) is 4.79 Å². The summed E-state index contributed by atoms with van der Waals surface area (Å²) in [5.41, 5.74) is 4.59. The second kappa shape index (κ2) is 17.5. The average molecular weight is 531 g/mol. The molecule has 3 rings (SSSR count). The van der Waals surface area contributed by atoms with E-state index in [0.29, 0.717) is 5.56 Å². The molecule has 3 aromatic rings. The molecule has 0 fully saturated rings. The fourth-order valence-corrected chi connectivity index (χ4v) is 4.66. The van der Waals surface area contributed by atoms with Gasteiger partial charge in [-0.15, -0.1) is 0 Å². The summed E-state index contributed by atoms with van der Waals surface area (Å²) < 4.78 is 5.99. The Labute approximate surface area is 235 Å². The van der Waals surface area contributed by atoms with E-state index in [1.165, 1.54) is 51.4 Å². The summed E-state index contributed by atoms with van der Waals surface area (Å²) in [6.45, 7) is 7.11. The lowest BCUT2D eigenvalue weighted by atomic mass is 9.93. The summed E-state index contributed by atoms with van der Waals surface area (Å²) in [4.78, 5) is 23.5. The van der Waals surface area contributed by atoms with Gasteiger partial charge in [0.2, 0.25) is 0 Å². The number of unbranched alkanes of at least 4 members (excludes halogenated alkanes) is 8. The lowest BCUT2D eigenvalue weighted by molar-refractivity contribution is -0.271. The molecule has 4 heteroatoms. The molecule has 0 saturated heterocycles. The monoisotopic (exact) mass is 530 g/mol. The zero-order chi connectivity index (χ0) is 27.7. The second-order valence-electron chi connectivity index (χ2n) is 10.4. The Kier molecular flexibility index (Phi) is 13.6. The van der Waals surface area contributed by atoms with Gasteiger partial charge in [0, 0.05) is 0 Å². The molecule has 0 heterocycles. The van der Waals surface area contributed by atoms with Crippen LogP contribution in [-0.2, 0) is 9.78 Å². The first kappa shape index (κ1) is 30.4. The molecular formula is C35H46O4. The van der Waals surface area contributed by atoms with Gasteiger partial charge in [-0.1, -0.05) is 120 Å². The van der Waals surface area contributed by atoms with Crippen LogP contribution in [-0.4, -0.2) is 18.7 Å². The highest BCUT2D eigenvalue weighted by atomic mass is 17.2. The molecule has 1 unspecified atom stereocenters. The van der Waals surface area contributed by atoms with Crippen molar-refractivity contribution in [1.29, 1.82) is 0 Å². The Hall–Kier alpha value is -3.11. The summed E-state index contributed by atoms with van der Waals surface area (Å²) in [7, 11) is 0. The third-order valence-corrected chi connectivity index (χ3v) is 7.02. The minimum atomic E-state index is -0.477. The normalized spacial score (nSPS) is 11.8. The standard InChI is InChI=1S/C35H46O4/c1-4-6-8-10-11-16-26-37-32-23-20-30(21-24-32)34-27-31(22-25-33(34)29-18-14-12-15-19-29)35(36)39-38-28(3)17-13-9-7-5-2/h12,14-15,18-25,27-28H,4-11,13,16-17,26H2,1-3H3. The van der Waals surface area contributed by atoms with Crippen LogP contribution in [0.3, 0.4) is 0 Å². The van der Waals surface area contributed by atoms with Crippen molar-refractivity contribution in [2.45, 2.75) is 97.5 Å². The third-order valence-electron chi connectivity index (χ3n) is 7.02. The number of benzene rings is 3. The van der Waals surface area contributed by atoms with Crippen molar-refractivity contribution in [3.05, 3.63) is 78.4 Å². The van der Waals surface area contributed by atoms with E-state index in [1.54, 1.807) is 6.07 Å². The zero-order valence-corrected chi connectivity index (χ0v) is 24.1. The number of hydrogen-bond acceptors (Lipinski definition) is 4. The van der Waals surface area contributed by atoms with E-state index >= 15 is 0 Å². The molecule has 0 spiro atoms. The van der Waals surface area contributed by atoms with Crippen molar-refractivity contribution in [2.24, 2.45) is 0 Å². The molecule has 0 amide bonds. The van der Waals surface area contributed by atoms with Crippen LogP contribution in [0.4, 0.5) is 0 Å². The van der Waals surface area contributed by atoms with Gasteiger partial charge in [-0.05, 0) is 66.3 Å². The molecule has 39 heavy (non-hydrogen) atoms. The molecule has 210 valence electrons. The summed E-state index contributed by atoms with van der Waals surface area (Å²) >= 11 is 0. The van der Waals surface area contributed by atoms with Crippen molar-refractivity contribution in [2.75, 3.05) is 6.61 Å². The lowest BCUT2D eigenvalue weighted by Gasteiger charge is -2.14. The van der Waals surface area contributed by atoms with E-state index in [1.807, 2.05) is 49.4 Å². The first-order chi connectivity index (χ1) is 19.1. The maximum atomic E-state index is 12.9. The fourth-order valence-electron chi connectivity index (χ4n) is 4.66. The number of carbonyl (C=O) groups excluding carboxylic acids is 1. The molecule has 0 saturated carbocycles. The summed E-state index contributed by atoms with van der Waals surface area (Å²) in [5, 5.41) is 0. The lowest BCUT2D eigenvalue weighted by Crippen LogP contribution is -2.13. The highest BCUT2D eigenvalue weighted by molar-refractivity contribution is 5.94. The number of rotatable bonds is 18. The smallest absolute Gasteiger partial charge is 0.373 e. The molecular weight excluding hydrogens is 484 g/mol. The van der Waals surface area contributed by atoms with Crippen LogP contribution in [0.2, 0.25) is 0 Å². The van der Waals surface area contributed by atoms with E-state index in [0.717, 1.165) is 53.9 Å². The van der Waals surface area contributed by atoms with Gasteiger partial charge >= 0.3 is 5.97 Å². The molecule has 0 bridgehead atoms. The van der Waals surface area contributed by atoms with E-state index in [4.69, 9.17) is 14.5 Å². The molecule has 0 aliphatic heterocycles. The van der Waals surface area contributed by atoms with Crippen LogP contribution >= 0.6 is 0 Å². The van der Waals surface area contributed by atoms with Crippen molar-refractivity contribution in [1.82, 2.24) is 0 Å². The van der Waals surface area contributed by atoms with Crippen LogP contribution < -0.4 is 4.74 Å². The average Bonchev–Trinajstić information content (AvgIpc) is 2.98. The van der Waals surface area contributed by atoms with E-state index in [-0.39, 0.29) is 6.10 Å². The molecule has 3 aromatic carbocycles. The van der Waals surface area contributed by atoms with Crippen LogP contribution in [0.15, 0.2) is 72.8 Å². The summed E-state index contributed by atoms with van der Waals surface area (Å²) in [6, 6.07) is 24.0. The third kappa shape index (κ3) is 10.5. The highest BCUT2D eigenvalue weighted by Gasteiger charge is 2.16. The number of carbonyl (C=O) groups is 1. The van der Waals surface area contributed by atoms with Crippen LogP contribution in [0.1, 0.15) is 102 Å². The van der Waals surface area contributed by atoms with Gasteiger partial charge in [0.15, 0.2) is 0 Å². The predicted octanol–water partition coefficient (Wildman–Crippen LogP) is 10.2. The SMILES string of the molecule is CCCCCCCCOc1ccc(-c2cc(C(=O)OOC(C)CCCCCC)ccc2-c2ccccc2)cc1. The Morgan fingerprint density at radius 2 is 1.33 bits per heavy atom. The second-order valence-corrected chi connectivity index (χ2v) is 10.4. The van der Waals surface area contributed by atoms with Gasteiger partial charge in [-0.25, -0.2) is 4.79 Å². The van der Waals surface area contributed by atoms with Gasteiger partial charge in [0.1, 0.15) is 11.9 Å². The highest BCUT2D eigenvalue weighted by Crippen LogP contribution is 2.34. The van der Waals surface area contributed by atoms with Gasteiger partial charge < -0.3 is 4.74 Å². The minimum Gasteiger partial charge on any atom is -0.494 e. The molecule has 1 atom stereocenters. The Bertz CT molecular complexity index is 1090. The van der Waals surface area contributed by atoms with Crippen LogP contribution in [0, 0.1) is 0 Å². The van der Waals surface area contributed by atoms with E-state index in [2.05, 4.69) is 38.1 Å². The molecule has 0 N–H and O–H groups in total. The van der Waals surface area contributed by atoms with E-state index < -0.39 is 5.97 Å². The quantitative estimate of drug-likeness (QED) is 0.0932. The molecule has 0 aromatic heterocycles. The maximum absolute atomic E-state index is 12.9. The van der Waals surface area contributed by atoms with Gasteiger partial charge in [0.05, 0.1) is 12.2 Å². The fraction of sp³-hybridized carbons (Fsp3) is 0.457. The first-order valence-electron chi connectivity index (χ1n) is 14.9. The van der Waals surface area contributed by atoms with Crippen LogP contribution in [0.25, 0.3) is 22.3 Å². The van der Waals surface area contributed by atoms with Gasteiger partial charge in [-0.2, -0.15) is 4.89 Å². The van der Waals surface area contributed by atoms with Crippen LogP contribution in [0.5, 0.6) is 5.75 Å². The molecule has 0 radical (unpaired) electrons. The topological polar surface area (TPSA) is 44.8 Å². The number of ether oxygens (including phenoxy) is 1. The Morgan fingerprint density at radius 1 is 0.692 bits per heavy atom. The van der Waals surface area contributed by atoms with Crippen molar-refractivity contribution in [3.63, 3.8) is 0 Å². The maximum Gasteiger partial charge on any atom is 0.373 e. The van der Waals surface area contributed by atoms with Crippen molar-refractivity contribution in [3.8, 4) is 28.0 Å². The predicted molar refractivity (Wildman–Crippen MR) is 161 cm³/mol. The summed E-state index contributed by atoms with van der Waals surface area (Å²) in [5.74, 6) is 0.389. The van der Waals surface area contributed by atoms with Gasteiger partial charge in [0.25, 0.3) is 0 Å². The molecule has 4 nitrogen and oxygen atoms in total. The Balaban J connectivity index is 1.67. The van der Waals surface area contributed by atoms with Gasteiger partial charge in [-0.3, -0.25) is 4.89 Å². The first-order valence-corrected chi connectivity index (χ1v) is 14.9. The minimum absolute atomic E-state index is 0.127. The molecule has 0 aliphatic carbocycles. The molecule has 0 aliphatic rings. The van der Waals surface area contributed by atoms with Crippen molar-refractivity contribution >= 4 is 5.97 Å².